The molecule has 0 atom stereocenters. The second-order valence-electron chi connectivity index (χ2n) is 6.83. The van der Waals surface area contributed by atoms with E-state index in [0.29, 0.717) is 29.3 Å². The first-order chi connectivity index (χ1) is 14.0. The van der Waals surface area contributed by atoms with Gasteiger partial charge in [0, 0.05) is 5.39 Å². The molecule has 0 fully saturated rings. The van der Waals surface area contributed by atoms with Gasteiger partial charge in [0.1, 0.15) is 11.5 Å². The zero-order valence-corrected chi connectivity index (χ0v) is 16.8. The van der Waals surface area contributed by atoms with Gasteiger partial charge in [-0.3, -0.25) is 4.98 Å². The van der Waals surface area contributed by atoms with Gasteiger partial charge in [-0.25, -0.2) is 4.79 Å². The van der Waals surface area contributed by atoms with Gasteiger partial charge in [0.05, 0.1) is 22.3 Å². The van der Waals surface area contributed by atoms with E-state index in [1.165, 1.54) is 0 Å². The zero-order chi connectivity index (χ0) is 20.5. The molecule has 0 aliphatic heterocycles. The maximum absolute atomic E-state index is 12.8. The number of ether oxygens (including phenoxy) is 1. The van der Waals surface area contributed by atoms with Crippen molar-refractivity contribution in [2.24, 2.45) is 0 Å². The van der Waals surface area contributed by atoms with Gasteiger partial charge in [-0.2, -0.15) is 0 Å². The van der Waals surface area contributed by atoms with Gasteiger partial charge in [0.2, 0.25) is 0 Å². The van der Waals surface area contributed by atoms with Gasteiger partial charge in [-0.05, 0) is 44.9 Å². The Morgan fingerprint density at radius 1 is 1.10 bits per heavy atom. The van der Waals surface area contributed by atoms with Crippen molar-refractivity contribution >= 4 is 16.9 Å². The molecule has 3 heterocycles. The summed E-state index contributed by atoms with van der Waals surface area (Å²) >= 11 is 0. The minimum absolute atomic E-state index is 0.114. The van der Waals surface area contributed by atoms with E-state index in [4.69, 9.17) is 13.6 Å². The summed E-state index contributed by atoms with van der Waals surface area (Å²) in [6, 6.07) is 9.58. The summed E-state index contributed by atoms with van der Waals surface area (Å²) in [4.78, 5) is 17.5. The molecule has 148 valence electrons. The van der Waals surface area contributed by atoms with Crippen LogP contribution >= 0.6 is 0 Å². The number of hydrogen-bond donors (Lipinski definition) is 0. The van der Waals surface area contributed by atoms with Crippen molar-refractivity contribution in [1.82, 2.24) is 15.2 Å². The quantitative estimate of drug-likeness (QED) is 0.454. The Morgan fingerprint density at radius 3 is 2.62 bits per heavy atom. The summed E-state index contributed by atoms with van der Waals surface area (Å²) in [5, 5.41) is 8.93. The molecule has 3 aromatic heterocycles. The first-order valence-corrected chi connectivity index (χ1v) is 9.43. The Bertz CT molecular complexity index is 1210. The fourth-order valence-electron chi connectivity index (χ4n) is 3.43. The average Bonchev–Trinajstić information content (AvgIpc) is 3.31. The molecule has 0 aliphatic rings. The molecule has 0 spiro atoms. The van der Waals surface area contributed by atoms with Crippen LogP contribution in [-0.4, -0.2) is 21.2 Å². The number of furan rings is 1. The number of rotatable bonds is 5. The number of esters is 1. The van der Waals surface area contributed by atoms with E-state index >= 15 is 0 Å². The van der Waals surface area contributed by atoms with Gasteiger partial charge in [-0.1, -0.05) is 25.1 Å². The third-order valence-electron chi connectivity index (χ3n) is 4.83. The van der Waals surface area contributed by atoms with Crippen molar-refractivity contribution in [2.45, 2.75) is 40.7 Å². The highest BCUT2D eigenvalue weighted by molar-refractivity contribution is 5.98. The molecule has 0 saturated carbocycles. The molecular weight excluding hydrogens is 370 g/mol. The van der Waals surface area contributed by atoms with E-state index in [1.54, 1.807) is 0 Å². The van der Waals surface area contributed by atoms with Gasteiger partial charge in [-0.15, -0.1) is 10.2 Å². The zero-order valence-electron chi connectivity index (χ0n) is 16.8. The van der Waals surface area contributed by atoms with Crippen molar-refractivity contribution in [3.8, 4) is 11.5 Å². The monoisotopic (exact) mass is 391 g/mol. The van der Waals surface area contributed by atoms with Crippen molar-refractivity contribution in [3.63, 3.8) is 0 Å². The van der Waals surface area contributed by atoms with Crippen LogP contribution in [0.3, 0.4) is 0 Å². The summed E-state index contributed by atoms with van der Waals surface area (Å²) in [6.07, 6.45) is 0.625. The molecule has 4 aromatic rings. The van der Waals surface area contributed by atoms with Crippen LogP contribution in [-0.2, 0) is 17.8 Å². The first kappa shape index (κ1) is 18.9. The minimum atomic E-state index is -0.451. The Labute approximate surface area is 167 Å². The molecular formula is C22H21N3O4. The fourth-order valence-corrected chi connectivity index (χ4v) is 3.43. The van der Waals surface area contributed by atoms with Crippen LogP contribution in [0.2, 0.25) is 0 Å². The summed E-state index contributed by atoms with van der Waals surface area (Å²) in [5.74, 6) is 1.56. The van der Waals surface area contributed by atoms with Crippen LogP contribution in [0, 0.1) is 20.8 Å². The van der Waals surface area contributed by atoms with E-state index < -0.39 is 5.97 Å². The van der Waals surface area contributed by atoms with Gasteiger partial charge < -0.3 is 13.6 Å². The normalized spacial score (nSPS) is 11.2. The number of hydrogen-bond acceptors (Lipinski definition) is 7. The molecule has 0 radical (unpaired) electrons. The minimum Gasteiger partial charge on any atom is -0.466 e. The first-order valence-electron chi connectivity index (χ1n) is 9.43. The number of pyridine rings is 1. The average molecular weight is 391 g/mol. The van der Waals surface area contributed by atoms with Gasteiger partial charge in [0.25, 0.3) is 11.8 Å². The molecule has 0 amide bonds. The topological polar surface area (TPSA) is 91.2 Å². The molecule has 29 heavy (non-hydrogen) atoms. The van der Waals surface area contributed by atoms with Crippen LogP contribution < -0.4 is 0 Å². The van der Waals surface area contributed by atoms with E-state index in [1.807, 2.05) is 58.0 Å². The van der Waals surface area contributed by atoms with Crippen LogP contribution in [0.4, 0.5) is 0 Å². The molecule has 7 nitrogen and oxygen atoms in total. The summed E-state index contributed by atoms with van der Waals surface area (Å²) < 4.78 is 16.6. The van der Waals surface area contributed by atoms with Gasteiger partial charge >= 0.3 is 5.97 Å². The number of para-hydroxylation sites is 1. The second-order valence-corrected chi connectivity index (χ2v) is 6.83. The molecule has 1 aromatic carbocycles. The SMILES string of the molecule is CCc1nc2ccccc2c(C)c1C(=O)OCc1nnc(-c2cc(C)oc2C)o1. The third-order valence-corrected chi connectivity index (χ3v) is 4.83. The smallest absolute Gasteiger partial charge is 0.340 e. The van der Waals surface area contributed by atoms with Crippen LogP contribution in [0.15, 0.2) is 39.2 Å². The maximum atomic E-state index is 12.8. The van der Waals surface area contributed by atoms with Crippen LogP contribution in [0.1, 0.15) is 46.0 Å². The lowest BCUT2D eigenvalue weighted by atomic mass is 10.0. The number of fused-ring (bicyclic) bond motifs is 1. The Kier molecular flexibility index (Phi) is 4.88. The molecule has 4 rings (SSSR count). The summed E-state index contributed by atoms with van der Waals surface area (Å²) in [6.45, 7) is 7.44. The third kappa shape index (κ3) is 3.51. The van der Waals surface area contributed by atoms with Gasteiger partial charge in [0.15, 0.2) is 6.61 Å². The summed E-state index contributed by atoms with van der Waals surface area (Å²) in [7, 11) is 0. The molecule has 0 unspecified atom stereocenters. The Morgan fingerprint density at radius 2 is 1.90 bits per heavy atom. The van der Waals surface area contributed by atoms with E-state index in [0.717, 1.165) is 27.8 Å². The Balaban J connectivity index is 1.56. The highest BCUT2D eigenvalue weighted by Crippen LogP contribution is 2.26. The Hall–Kier alpha value is -3.48. The van der Waals surface area contributed by atoms with E-state index in [2.05, 4.69) is 15.2 Å². The largest absolute Gasteiger partial charge is 0.466 e. The molecule has 0 aliphatic carbocycles. The second kappa shape index (κ2) is 7.50. The molecule has 7 heteroatoms. The van der Waals surface area contributed by atoms with E-state index in [-0.39, 0.29) is 12.5 Å². The highest BCUT2D eigenvalue weighted by Gasteiger charge is 2.21. The lowest BCUT2D eigenvalue weighted by molar-refractivity contribution is 0.0436. The molecule has 0 N–H and O–H groups in total. The number of aryl methyl sites for hydroxylation is 4. The maximum Gasteiger partial charge on any atom is 0.340 e. The highest BCUT2D eigenvalue weighted by atomic mass is 16.5. The van der Waals surface area contributed by atoms with Crippen molar-refractivity contribution in [3.05, 3.63) is 64.6 Å². The standard InChI is InChI=1S/C22H21N3O4/c1-5-17-20(13(3)15-8-6-7-9-18(15)23-17)22(26)27-11-19-24-25-21(29-19)16-10-12(2)28-14(16)4/h6-10H,5,11H2,1-4H3. The lowest BCUT2D eigenvalue weighted by Gasteiger charge is -2.12. The van der Waals surface area contributed by atoms with Crippen LogP contribution in [0.25, 0.3) is 22.4 Å². The van der Waals surface area contributed by atoms with Crippen molar-refractivity contribution < 1.29 is 18.4 Å². The molecule has 0 bridgehead atoms. The molecule has 0 saturated heterocycles. The number of carbonyl (C=O) groups excluding carboxylic acids is 1. The van der Waals surface area contributed by atoms with E-state index in [9.17, 15) is 4.79 Å². The predicted octanol–water partition coefficient (Wildman–Crippen LogP) is 4.72. The van der Waals surface area contributed by atoms with Crippen molar-refractivity contribution in [2.75, 3.05) is 0 Å². The van der Waals surface area contributed by atoms with Crippen molar-refractivity contribution in [1.29, 1.82) is 0 Å². The lowest BCUT2D eigenvalue weighted by Crippen LogP contribution is -2.12. The predicted molar refractivity (Wildman–Crippen MR) is 106 cm³/mol. The number of aromatic nitrogens is 3. The number of benzene rings is 1. The number of carbonyl (C=O) groups is 1. The fraction of sp³-hybridized carbons (Fsp3) is 0.273. The van der Waals surface area contributed by atoms with Crippen LogP contribution in [0.5, 0.6) is 0 Å². The number of nitrogens with zero attached hydrogens (tertiary/aromatic N) is 3. The summed E-state index contributed by atoms with van der Waals surface area (Å²) in [5.41, 5.74) is 3.66.